The summed E-state index contributed by atoms with van der Waals surface area (Å²) in [5.41, 5.74) is 3.54. The molecule has 0 bridgehead atoms. The van der Waals surface area contributed by atoms with Crippen molar-refractivity contribution in [2.75, 3.05) is 18.4 Å². The van der Waals surface area contributed by atoms with E-state index in [4.69, 9.17) is 0 Å². The third-order valence-electron chi connectivity index (χ3n) is 3.84. The van der Waals surface area contributed by atoms with E-state index in [2.05, 4.69) is 32.3 Å². The molecule has 1 aromatic heterocycles. The lowest BCUT2D eigenvalue weighted by atomic mass is 10.2. The molecular formula is C17H18BrN3O. The second-order valence-corrected chi connectivity index (χ2v) is 6.43. The first-order chi connectivity index (χ1) is 10.6. The zero-order chi connectivity index (χ0) is 15.5. The zero-order valence-electron chi connectivity index (χ0n) is 12.5. The topological polar surface area (TPSA) is 45.2 Å². The summed E-state index contributed by atoms with van der Waals surface area (Å²) in [7, 11) is 0. The number of rotatable bonds is 3. The standard InChI is InChI=1S/C17H18BrN3O/c1-12-10-13(18)4-5-15(12)20-14-6-7-19-16(11-14)17(22)21-8-2-3-9-21/h4-7,10-11H,2-3,8-9H2,1H3,(H,19,20). The van der Waals surface area contributed by atoms with Gasteiger partial charge in [0.25, 0.3) is 5.91 Å². The zero-order valence-corrected chi connectivity index (χ0v) is 14.1. The van der Waals surface area contributed by atoms with Crippen LogP contribution in [-0.2, 0) is 0 Å². The predicted octanol–water partition coefficient (Wildman–Crippen LogP) is 4.13. The molecule has 1 aliphatic rings. The predicted molar refractivity (Wildman–Crippen MR) is 91.5 cm³/mol. The molecule has 1 aromatic carbocycles. The van der Waals surface area contributed by atoms with Gasteiger partial charge in [0.15, 0.2) is 0 Å². The van der Waals surface area contributed by atoms with E-state index in [1.165, 1.54) is 0 Å². The van der Waals surface area contributed by atoms with Crippen LogP contribution in [0.4, 0.5) is 11.4 Å². The average Bonchev–Trinajstić information content (AvgIpc) is 3.04. The molecule has 22 heavy (non-hydrogen) atoms. The van der Waals surface area contributed by atoms with Crippen molar-refractivity contribution in [3.05, 3.63) is 52.3 Å². The van der Waals surface area contributed by atoms with Gasteiger partial charge in [0.05, 0.1) is 0 Å². The van der Waals surface area contributed by atoms with Crippen molar-refractivity contribution in [3.63, 3.8) is 0 Å². The molecule has 0 spiro atoms. The van der Waals surface area contributed by atoms with E-state index in [-0.39, 0.29) is 5.91 Å². The minimum Gasteiger partial charge on any atom is -0.355 e. The molecule has 1 fully saturated rings. The fraction of sp³-hybridized carbons (Fsp3) is 0.294. The largest absolute Gasteiger partial charge is 0.355 e. The highest BCUT2D eigenvalue weighted by Crippen LogP contribution is 2.24. The number of nitrogens with one attached hydrogen (secondary N) is 1. The van der Waals surface area contributed by atoms with E-state index in [1.54, 1.807) is 6.20 Å². The Morgan fingerprint density at radius 3 is 2.73 bits per heavy atom. The summed E-state index contributed by atoms with van der Waals surface area (Å²) in [6.07, 6.45) is 3.85. The minimum absolute atomic E-state index is 0.0219. The molecule has 1 N–H and O–H groups in total. The van der Waals surface area contributed by atoms with Gasteiger partial charge in [-0.15, -0.1) is 0 Å². The molecule has 1 saturated heterocycles. The summed E-state index contributed by atoms with van der Waals surface area (Å²) in [4.78, 5) is 18.5. The maximum atomic E-state index is 12.4. The molecule has 0 atom stereocenters. The fourth-order valence-electron chi connectivity index (χ4n) is 2.63. The number of benzene rings is 1. The van der Waals surface area contributed by atoms with E-state index in [9.17, 15) is 4.79 Å². The first-order valence-electron chi connectivity index (χ1n) is 7.42. The van der Waals surface area contributed by atoms with Crippen LogP contribution in [0.2, 0.25) is 0 Å². The third kappa shape index (κ3) is 3.30. The maximum Gasteiger partial charge on any atom is 0.272 e. The van der Waals surface area contributed by atoms with Gasteiger partial charge in [-0.25, -0.2) is 0 Å². The van der Waals surface area contributed by atoms with E-state index < -0.39 is 0 Å². The first-order valence-corrected chi connectivity index (χ1v) is 8.21. The second-order valence-electron chi connectivity index (χ2n) is 5.51. The van der Waals surface area contributed by atoms with Crippen LogP contribution in [-0.4, -0.2) is 28.9 Å². The highest BCUT2D eigenvalue weighted by atomic mass is 79.9. The maximum absolute atomic E-state index is 12.4. The van der Waals surface area contributed by atoms with Crippen LogP contribution in [0.25, 0.3) is 0 Å². The molecule has 0 aliphatic carbocycles. The molecule has 2 aromatic rings. The Bertz CT molecular complexity index is 696. The molecule has 4 nitrogen and oxygen atoms in total. The Hall–Kier alpha value is -1.88. The number of anilines is 2. The van der Waals surface area contributed by atoms with Gasteiger partial charge in [0.2, 0.25) is 0 Å². The molecule has 1 amide bonds. The van der Waals surface area contributed by atoms with Crippen LogP contribution in [0, 0.1) is 6.92 Å². The van der Waals surface area contributed by atoms with E-state index in [0.29, 0.717) is 5.69 Å². The summed E-state index contributed by atoms with van der Waals surface area (Å²) in [6, 6.07) is 9.76. The van der Waals surface area contributed by atoms with Crippen molar-refractivity contribution >= 4 is 33.2 Å². The number of carbonyl (C=O) groups is 1. The summed E-state index contributed by atoms with van der Waals surface area (Å²) in [5, 5.41) is 3.35. The third-order valence-corrected chi connectivity index (χ3v) is 4.33. The lowest BCUT2D eigenvalue weighted by Crippen LogP contribution is -2.28. The van der Waals surface area contributed by atoms with Crippen molar-refractivity contribution in [1.82, 2.24) is 9.88 Å². The Balaban J connectivity index is 1.80. The fourth-order valence-corrected chi connectivity index (χ4v) is 3.11. The number of carbonyl (C=O) groups excluding carboxylic acids is 1. The van der Waals surface area contributed by atoms with Gasteiger partial charge in [-0.05, 0) is 55.7 Å². The van der Waals surface area contributed by atoms with Gasteiger partial charge in [0.1, 0.15) is 5.69 Å². The molecule has 0 radical (unpaired) electrons. The average molecular weight is 360 g/mol. The van der Waals surface area contributed by atoms with Crippen molar-refractivity contribution in [2.45, 2.75) is 19.8 Å². The molecule has 0 saturated carbocycles. The van der Waals surface area contributed by atoms with Crippen molar-refractivity contribution in [1.29, 1.82) is 0 Å². The molecule has 0 unspecified atom stereocenters. The number of likely N-dealkylation sites (tertiary alicyclic amines) is 1. The lowest BCUT2D eigenvalue weighted by molar-refractivity contribution is 0.0787. The summed E-state index contributed by atoms with van der Waals surface area (Å²) in [6.45, 7) is 3.72. The van der Waals surface area contributed by atoms with Crippen LogP contribution in [0.5, 0.6) is 0 Å². The number of pyridine rings is 1. The Morgan fingerprint density at radius 2 is 2.00 bits per heavy atom. The number of nitrogens with zero attached hydrogens (tertiary/aromatic N) is 2. The number of aryl methyl sites for hydroxylation is 1. The van der Waals surface area contributed by atoms with Crippen LogP contribution in [0.1, 0.15) is 28.9 Å². The van der Waals surface area contributed by atoms with Crippen LogP contribution < -0.4 is 5.32 Å². The number of halogens is 1. The number of aromatic nitrogens is 1. The highest BCUT2D eigenvalue weighted by Gasteiger charge is 2.20. The Kier molecular flexibility index (Phi) is 4.43. The summed E-state index contributed by atoms with van der Waals surface area (Å²) >= 11 is 3.46. The number of hydrogen-bond donors (Lipinski definition) is 1. The summed E-state index contributed by atoms with van der Waals surface area (Å²) in [5.74, 6) is 0.0219. The van der Waals surface area contributed by atoms with E-state index in [0.717, 1.165) is 47.3 Å². The first kappa shape index (κ1) is 15.0. The highest BCUT2D eigenvalue weighted by molar-refractivity contribution is 9.10. The Labute approximate surface area is 138 Å². The van der Waals surface area contributed by atoms with Gasteiger partial charge in [-0.2, -0.15) is 0 Å². The molecule has 114 valence electrons. The van der Waals surface area contributed by atoms with Crippen LogP contribution >= 0.6 is 15.9 Å². The van der Waals surface area contributed by atoms with Crippen molar-refractivity contribution in [2.24, 2.45) is 0 Å². The SMILES string of the molecule is Cc1cc(Br)ccc1Nc1ccnc(C(=O)N2CCCC2)c1. The van der Waals surface area contributed by atoms with Gasteiger partial charge in [0, 0.05) is 35.1 Å². The number of hydrogen-bond acceptors (Lipinski definition) is 3. The molecule has 1 aliphatic heterocycles. The van der Waals surface area contributed by atoms with Gasteiger partial charge in [-0.3, -0.25) is 9.78 Å². The number of amides is 1. The Morgan fingerprint density at radius 1 is 1.23 bits per heavy atom. The van der Waals surface area contributed by atoms with Crippen molar-refractivity contribution < 1.29 is 4.79 Å². The van der Waals surface area contributed by atoms with Crippen LogP contribution in [0.15, 0.2) is 41.0 Å². The van der Waals surface area contributed by atoms with Gasteiger partial charge >= 0.3 is 0 Å². The van der Waals surface area contributed by atoms with Crippen molar-refractivity contribution in [3.8, 4) is 0 Å². The molecule has 3 rings (SSSR count). The lowest BCUT2D eigenvalue weighted by Gasteiger charge is -2.15. The molecule has 5 heteroatoms. The van der Waals surface area contributed by atoms with Gasteiger partial charge in [-0.1, -0.05) is 15.9 Å². The minimum atomic E-state index is 0.0219. The quantitative estimate of drug-likeness (QED) is 0.895. The summed E-state index contributed by atoms with van der Waals surface area (Å²) < 4.78 is 1.05. The van der Waals surface area contributed by atoms with E-state index >= 15 is 0 Å². The monoisotopic (exact) mass is 359 g/mol. The molecule has 2 heterocycles. The normalized spacial score (nSPS) is 14.2. The smallest absolute Gasteiger partial charge is 0.272 e. The van der Waals surface area contributed by atoms with Gasteiger partial charge < -0.3 is 10.2 Å². The van der Waals surface area contributed by atoms with E-state index in [1.807, 2.05) is 36.1 Å². The molecular weight excluding hydrogens is 342 g/mol. The van der Waals surface area contributed by atoms with Crippen LogP contribution in [0.3, 0.4) is 0 Å². The second kappa shape index (κ2) is 6.48.